The van der Waals surface area contributed by atoms with Gasteiger partial charge in [-0.1, -0.05) is 12.2 Å². The molecule has 1 atom stereocenters. The maximum atomic E-state index is 6.10. The summed E-state index contributed by atoms with van der Waals surface area (Å²) in [5.74, 6) is 1.93. The number of hydrogen-bond donors (Lipinski definition) is 0. The summed E-state index contributed by atoms with van der Waals surface area (Å²) >= 11 is 1.50. The van der Waals surface area contributed by atoms with Gasteiger partial charge in [0.25, 0.3) is 0 Å². The molecule has 157 valence electrons. The van der Waals surface area contributed by atoms with Crippen LogP contribution in [0.25, 0.3) is 23.0 Å². The van der Waals surface area contributed by atoms with E-state index in [0.717, 1.165) is 28.5 Å². The van der Waals surface area contributed by atoms with Gasteiger partial charge in [0, 0.05) is 11.3 Å². The van der Waals surface area contributed by atoms with Crippen LogP contribution in [0.15, 0.2) is 112 Å². The van der Waals surface area contributed by atoms with Crippen molar-refractivity contribution in [1.29, 1.82) is 0 Å². The van der Waals surface area contributed by atoms with E-state index < -0.39 is 0 Å². The van der Waals surface area contributed by atoms with E-state index in [1.54, 1.807) is 0 Å². The Morgan fingerprint density at radius 3 is 2.31 bits per heavy atom. The molecule has 2 aliphatic carbocycles. The third-order valence-corrected chi connectivity index (χ3v) is 6.89. The number of nitrogens with zero attached hydrogens (tertiary/aromatic N) is 1. The van der Waals surface area contributed by atoms with Crippen LogP contribution < -0.4 is 24.8 Å². The molecular weight excluding hydrogens is 516 g/mol. The van der Waals surface area contributed by atoms with Crippen LogP contribution in [-0.2, 0) is 24.7 Å². The van der Waals surface area contributed by atoms with Crippen molar-refractivity contribution in [3.05, 3.63) is 119 Å². The predicted molar refractivity (Wildman–Crippen MR) is 120 cm³/mol. The van der Waals surface area contributed by atoms with Crippen LogP contribution in [0.2, 0.25) is 0 Å². The Morgan fingerprint density at radius 1 is 0.844 bits per heavy atom. The number of aliphatic imine (C=N–C) groups is 1. The third kappa shape index (κ3) is 4.91. The Labute approximate surface area is 216 Å². The van der Waals surface area contributed by atoms with Crippen molar-refractivity contribution in [2.24, 2.45) is 4.99 Å². The number of benzene rings is 2. The number of rotatable bonds is 2. The molecule has 0 N–H and O–H groups in total. The molecule has 32 heavy (non-hydrogen) atoms. The van der Waals surface area contributed by atoms with Crippen molar-refractivity contribution in [3.63, 3.8) is 0 Å². The molecule has 0 spiro atoms. The van der Waals surface area contributed by atoms with Gasteiger partial charge >= 0.3 is 139 Å². The van der Waals surface area contributed by atoms with Crippen LogP contribution in [0.1, 0.15) is 27.4 Å². The number of hydrogen-bond acceptors (Lipinski definition) is 2. The number of fused-ring (bicyclic) bond motifs is 2. The topological polar surface area (TPSA) is 25.5 Å². The molecule has 2 aromatic carbocycles. The average molecular weight is 537 g/mol. The first-order chi connectivity index (χ1) is 14.7. The summed E-state index contributed by atoms with van der Waals surface area (Å²) in [5, 5.41) is 0. The first kappa shape index (κ1) is 24.5. The van der Waals surface area contributed by atoms with Gasteiger partial charge < -0.3 is 24.8 Å². The van der Waals surface area contributed by atoms with Crippen molar-refractivity contribution in [3.8, 4) is 11.3 Å². The third-order valence-electron chi connectivity index (χ3n) is 5.36. The Kier molecular flexibility index (Phi) is 8.12. The summed E-state index contributed by atoms with van der Waals surface area (Å²) in [7, 11) is 0. The van der Waals surface area contributed by atoms with E-state index in [9.17, 15) is 0 Å². The Bertz CT molecular complexity index is 1270. The molecule has 0 amide bonds. The molecule has 2 nitrogen and oxygen atoms in total. The zero-order valence-electron chi connectivity index (χ0n) is 17.4. The second-order valence-electron chi connectivity index (χ2n) is 7.46. The van der Waals surface area contributed by atoms with Crippen molar-refractivity contribution in [1.82, 2.24) is 0 Å². The van der Waals surface area contributed by atoms with Gasteiger partial charge in [-0.15, -0.1) is 0 Å². The molecule has 1 aromatic heterocycles. The quantitative estimate of drug-likeness (QED) is 0.479. The van der Waals surface area contributed by atoms with Gasteiger partial charge in [-0.05, 0) is 19.1 Å². The van der Waals surface area contributed by atoms with Crippen LogP contribution in [0.3, 0.4) is 0 Å². The summed E-state index contributed by atoms with van der Waals surface area (Å²) in [5.41, 5.74) is 8.66. The Morgan fingerprint density at radius 2 is 1.56 bits per heavy atom. The first-order valence-corrected chi connectivity index (χ1v) is 11.4. The molecule has 3 aromatic rings. The van der Waals surface area contributed by atoms with E-state index in [4.69, 9.17) is 4.42 Å². The van der Waals surface area contributed by atoms with Crippen molar-refractivity contribution < 1.29 is 54.0 Å². The maximum absolute atomic E-state index is 6.10. The summed E-state index contributed by atoms with van der Waals surface area (Å²) in [6, 6.07) is 23.0. The normalized spacial score (nSPS) is 16.9. The first-order valence-electron chi connectivity index (χ1n) is 10.0. The monoisotopic (exact) mass is 534 g/mol. The average Bonchev–Trinajstić information content (AvgIpc) is 3.53. The van der Waals surface area contributed by atoms with Gasteiger partial charge in [0.1, 0.15) is 0 Å². The number of furan rings is 1. The molecule has 3 aliphatic rings. The van der Waals surface area contributed by atoms with E-state index in [0.29, 0.717) is 3.63 Å². The molecule has 0 fully saturated rings. The molecule has 1 unspecified atom stereocenters. The van der Waals surface area contributed by atoms with Crippen LogP contribution in [0.5, 0.6) is 0 Å². The van der Waals surface area contributed by atoms with Gasteiger partial charge in [-0.2, -0.15) is 0 Å². The predicted octanol–water partition coefficient (Wildman–Crippen LogP) is 0.938. The molecule has 0 bridgehead atoms. The Balaban J connectivity index is 0.000000222. The summed E-state index contributed by atoms with van der Waals surface area (Å²) in [4.78, 5) is 4.27. The van der Waals surface area contributed by atoms with Gasteiger partial charge in [0.2, 0.25) is 0 Å². The van der Waals surface area contributed by atoms with Crippen molar-refractivity contribution in [2.45, 2.75) is 10.5 Å². The fourth-order valence-corrected chi connectivity index (χ4v) is 5.08. The molecule has 0 saturated carbocycles. The second kappa shape index (κ2) is 10.6. The minimum absolute atomic E-state index is 0. The summed E-state index contributed by atoms with van der Waals surface area (Å²) in [6.07, 6.45) is 10.5. The standard InChI is InChI=1S/C19H13O.C8H7N.2ClH.Zr/c1-2-6-14(7-3-1)18-10-11-19(20-18)17-12-15-8-4-5-9-16(15)13-17;1-6-5-7-3-2-4-8(7)9-6;;;/h1-13H;2-5H,1H3;2*1H;/q;;;;+2/p-2. The fourth-order valence-electron chi connectivity index (χ4n) is 3.88. The van der Waals surface area contributed by atoms with Crippen molar-refractivity contribution >= 4 is 17.4 Å². The zero-order chi connectivity index (χ0) is 20.5. The molecule has 5 heteroatoms. The molecule has 0 radical (unpaired) electrons. The van der Waals surface area contributed by atoms with Crippen LogP contribution in [0.4, 0.5) is 0 Å². The van der Waals surface area contributed by atoms with Gasteiger partial charge in [-0.25, -0.2) is 0 Å². The Hall–Kier alpha value is -2.19. The van der Waals surface area contributed by atoms with E-state index in [1.807, 2.05) is 37.3 Å². The summed E-state index contributed by atoms with van der Waals surface area (Å²) in [6.45, 7) is 2.01. The number of allylic oxidation sites excluding steroid dienone is 5. The van der Waals surface area contributed by atoms with E-state index in [-0.39, 0.29) is 24.8 Å². The second-order valence-corrected chi connectivity index (χ2v) is 8.87. The van der Waals surface area contributed by atoms with Gasteiger partial charge in [0.05, 0.1) is 5.70 Å². The van der Waals surface area contributed by atoms with Crippen molar-refractivity contribution in [2.75, 3.05) is 0 Å². The molecule has 0 saturated heterocycles. The van der Waals surface area contributed by atoms with Crippen LogP contribution >= 0.6 is 0 Å². The molecule has 2 heterocycles. The molecule has 1 aliphatic heterocycles. The zero-order valence-corrected chi connectivity index (χ0v) is 21.4. The number of halogens is 2. The SMILES string of the molecule is CC1=NC2=CC=CC2=C1.[Cl-].[Cl-].[Zr+2][CH]1C(c2ccc(-c3ccccc3)o2)=Cc2ccccc21. The van der Waals surface area contributed by atoms with Gasteiger partial charge in [-0.3, -0.25) is 4.99 Å². The van der Waals surface area contributed by atoms with Crippen LogP contribution in [0, 0.1) is 0 Å². The molecular formula is C27H20Cl2NOZr. The summed E-state index contributed by atoms with van der Waals surface area (Å²) < 4.78 is 6.58. The van der Waals surface area contributed by atoms with Gasteiger partial charge in [0.15, 0.2) is 0 Å². The molecule has 6 rings (SSSR count). The fraction of sp³-hybridized carbons (Fsp3) is 0.0741. The van der Waals surface area contributed by atoms with E-state index >= 15 is 0 Å². The van der Waals surface area contributed by atoms with E-state index in [1.165, 1.54) is 47.0 Å². The minimum atomic E-state index is 0. The van der Waals surface area contributed by atoms with E-state index in [2.05, 4.69) is 71.8 Å². The van der Waals surface area contributed by atoms with Crippen LogP contribution in [-0.4, -0.2) is 5.71 Å².